The Morgan fingerprint density at radius 2 is 1.76 bits per heavy atom. The molecule has 2 rings (SSSR count). The maximum atomic E-state index is 6.11. The smallest absolute Gasteiger partial charge is 0.124 e. The molecule has 1 aromatic carbocycles. The molecule has 1 aromatic rings. The minimum atomic E-state index is -0.100. The first kappa shape index (κ1) is 16.4. The lowest BCUT2D eigenvalue weighted by molar-refractivity contribution is 0.0640. The van der Waals surface area contributed by atoms with Crippen molar-refractivity contribution in [3.63, 3.8) is 0 Å². The predicted octanol–water partition coefficient (Wildman–Crippen LogP) is 4.81. The molecule has 0 spiro atoms. The van der Waals surface area contributed by atoms with Crippen molar-refractivity contribution in [2.45, 2.75) is 59.6 Å². The van der Waals surface area contributed by atoms with Gasteiger partial charge in [0.1, 0.15) is 11.4 Å². The monoisotopic (exact) mass is 289 g/mol. The third-order valence-corrected chi connectivity index (χ3v) is 4.69. The van der Waals surface area contributed by atoms with Crippen LogP contribution in [0.2, 0.25) is 0 Å². The molecule has 1 N–H and O–H groups in total. The van der Waals surface area contributed by atoms with Gasteiger partial charge in [0, 0.05) is 18.0 Å². The maximum absolute atomic E-state index is 6.11. The molecule has 2 heteroatoms. The summed E-state index contributed by atoms with van der Waals surface area (Å²) >= 11 is 0. The van der Waals surface area contributed by atoms with Crippen LogP contribution in [-0.2, 0) is 0 Å². The lowest BCUT2D eigenvalue weighted by atomic mass is 9.84. The summed E-state index contributed by atoms with van der Waals surface area (Å²) in [6, 6.07) is 8.85. The van der Waals surface area contributed by atoms with E-state index in [0.717, 1.165) is 18.7 Å². The van der Waals surface area contributed by atoms with Crippen molar-refractivity contribution in [3.05, 3.63) is 29.8 Å². The summed E-state index contributed by atoms with van der Waals surface area (Å²) in [7, 11) is 0. The lowest BCUT2D eigenvalue weighted by Gasteiger charge is -2.39. The van der Waals surface area contributed by atoms with Crippen LogP contribution >= 0.6 is 0 Å². The zero-order valence-electron chi connectivity index (χ0n) is 14.4. The molecule has 1 aliphatic rings. The molecule has 1 aliphatic heterocycles. The van der Waals surface area contributed by atoms with Crippen molar-refractivity contribution in [2.75, 3.05) is 6.54 Å². The highest BCUT2D eigenvalue weighted by Gasteiger charge is 2.33. The van der Waals surface area contributed by atoms with E-state index in [2.05, 4.69) is 71.1 Å². The van der Waals surface area contributed by atoms with Crippen LogP contribution in [0.1, 0.15) is 59.6 Å². The minimum Gasteiger partial charge on any atom is -0.487 e. The molecule has 0 aliphatic carbocycles. The Hall–Kier alpha value is -1.02. The fourth-order valence-corrected chi connectivity index (χ4v) is 3.50. The zero-order chi connectivity index (χ0) is 15.6. The molecule has 0 aromatic heterocycles. The second kappa shape index (κ2) is 6.39. The number of rotatable bonds is 5. The summed E-state index contributed by atoms with van der Waals surface area (Å²) < 4.78 is 6.11. The van der Waals surface area contributed by atoms with Crippen LogP contribution < -0.4 is 10.1 Å². The number of hydrogen-bond donors (Lipinski definition) is 1. The molecule has 1 unspecified atom stereocenters. The largest absolute Gasteiger partial charge is 0.487 e. The summed E-state index contributed by atoms with van der Waals surface area (Å²) in [5, 5.41) is 3.82. The van der Waals surface area contributed by atoms with E-state index >= 15 is 0 Å². The van der Waals surface area contributed by atoms with Crippen molar-refractivity contribution in [1.82, 2.24) is 5.32 Å². The standard InChI is InChI=1S/C19H31NO/c1-13(2)16(14(3)4)12-20-17-11-19(5,6)21-18-10-8-7-9-15(17)18/h7-10,13-14,16-17,20H,11-12H2,1-6H3. The second-order valence-corrected chi connectivity index (χ2v) is 7.72. The Morgan fingerprint density at radius 3 is 2.38 bits per heavy atom. The van der Waals surface area contributed by atoms with E-state index in [0.29, 0.717) is 23.8 Å². The summed E-state index contributed by atoms with van der Waals surface area (Å²) in [5.41, 5.74) is 1.21. The van der Waals surface area contributed by atoms with Crippen LogP contribution in [0, 0.1) is 17.8 Å². The van der Waals surface area contributed by atoms with E-state index < -0.39 is 0 Å². The average molecular weight is 289 g/mol. The van der Waals surface area contributed by atoms with Gasteiger partial charge in [-0.3, -0.25) is 0 Å². The fourth-order valence-electron chi connectivity index (χ4n) is 3.50. The molecule has 0 radical (unpaired) electrons. The van der Waals surface area contributed by atoms with Crippen LogP contribution in [0.4, 0.5) is 0 Å². The summed E-state index contributed by atoms with van der Waals surface area (Å²) in [4.78, 5) is 0. The Morgan fingerprint density at radius 1 is 1.14 bits per heavy atom. The Bertz CT molecular complexity index is 456. The van der Waals surface area contributed by atoms with Gasteiger partial charge in [-0.05, 0) is 44.2 Å². The summed E-state index contributed by atoms with van der Waals surface area (Å²) in [6.45, 7) is 14.7. The van der Waals surface area contributed by atoms with Gasteiger partial charge >= 0.3 is 0 Å². The summed E-state index contributed by atoms with van der Waals surface area (Å²) in [5.74, 6) is 3.17. The normalized spacial score (nSPS) is 20.7. The second-order valence-electron chi connectivity index (χ2n) is 7.72. The van der Waals surface area contributed by atoms with Gasteiger partial charge in [0.2, 0.25) is 0 Å². The first-order valence-corrected chi connectivity index (χ1v) is 8.31. The predicted molar refractivity (Wildman–Crippen MR) is 89.7 cm³/mol. The highest BCUT2D eigenvalue weighted by atomic mass is 16.5. The molecule has 0 fully saturated rings. The third kappa shape index (κ3) is 4.00. The number of benzene rings is 1. The van der Waals surface area contributed by atoms with Crippen molar-refractivity contribution < 1.29 is 4.74 Å². The van der Waals surface area contributed by atoms with E-state index in [9.17, 15) is 0 Å². The van der Waals surface area contributed by atoms with Gasteiger partial charge in [-0.2, -0.15) is 0 Å². The van der Waals surface area contributed by atoms with E-state index in [1.54, 1.807) is 0 Å². The summed E-state index contributed by atoms with van der Waals surface area (Å²) in [6.07, 6.45) is 1.02. The molecule has 0 saturated carbocycles. The van der Waals surface area contributed by atoms with Crippen LogP contribution in [-0.4, -0.2) is 12.1 Å². The number of ether oxygens (including phenoxy) is 1. The van der Waals surface area contributed by atoms with Gasteiger partial charge in [0.05, 0.1) is 0 Å². The van der Waals surface area contributed by atoms with Crippen LogP contribution in [0.3, 0.4) is 0 Å². The van der Waals surface area contributed by atoms with Gasteiger partial charge in [-0.1, -0.05) is 45.9 Å². The van der Waals surface area contributed by atoms with E-state index in [-0.39, 0.29) is 5.60 Å². The minimum absolute atomic E-state index is 0.100. The maximum Gasteiger partial charge on any atom is 0.124 e. The molecule has 1 atom stereocenters. The van der Waals surface area contributed by atoms with Crippen LogP contribution in [0.5, 0.6) is 5.75 Å². The van der Waals surface area contributed by atoms with Gasteiger partial charge in [0.15, 0.2) is 0 Å². The molecule has 1 heterocycles. The first-order valence-electron chi connectivity index (χ1n) is 8.31. The van der Waals surface area contributed by atoms with Crippen molar-refractivity contribution >= 4 is 0 Å². The first-order chi connectivity index (χ1) is 9.80. The molecule has 2 nitrogen and oxygen atoms in total. The van der Waals surface area contributed by atoms with E-state index in [4.69, 9.17) is 4.74 Å². The Balaban J connectivity index is 2.12. The Kier molecular flexibility index (Phi) is 4.98. The fraction of sp³-hybridized carbons (Fsp3) is 0.684. The average Bonchev–Trinajstić information content (AvgIpc) is 2.36. The topological polar surface area (TPSA) is 21.3 Å². The molecule has 0 bridgehead atoms. The van der Waals surface area contributed by atoms with Crippen molar-refractivity contribution in [1.29, 1.82) is 0 Å². The van der Waals surface area contributed by atoms with E-state index in [1.165, 1.54) is 5.56 Å². The van der Waals surface area contributed by atoms with Crippen molar-refractivity contribution in [3.8, 4) is 5.75 Å². The highest BCUT2D eigenvalue weighted by Crippen LogP contribution is 2.39. The highest BCUT2D eigenvalue weighted by molar-refractivity contribution is 5.38. The molecule has 21 heavy (non-hydrogen) atoms. The Labute approximate surface area is 130 Å². The zero-order valence-corrected chi connectivity index (χ0v) is 14.4. The molecular weight excluding hydrogens is 258 g/mol. The molecule has 0 amide bonds. The van der Waals surface area contributed by atoms with Gasteiger partial charge in [-0.25, -0.2) is 0 Å². The van der Waals surface area contributed by atoms with Crippen LogP contribution in [0.15, 0.2) is 24.3 Å². The number of para-hydroxylation sites is 1. The van der Waals surface area contributed by atoms with Crippen LogP contribution in [0.25, 0.3) is 0 Å². The molecule has 0 saturated heterocycles. The number of hydrogen-bond acceptors (Lipinski definition) is 2. The number of fused-ring (bicyclic) bond motifs is 1. The van der Waals surface area contributed by atoms with Crippen molar-refractivity contribution in [2.24, 2.45) is 17.8 Å². The lowest BCUT2D eigenvalue weighted by Crippen LogP contribution is -2.41. The van der Waals surface area contributed by atoms with Gasteiger partial charge < -0.3 is 10.1 Å². The van der Waals surface area contributed by atoms with E-state index in [1.807, 2.05) is 0 Å². The van der Waals surface area contributed by atoms with Gasteiger partial charge in [0.25, 0.3) is 0 Å². The third-order valence-electron chi connectivity index (χ3n) is 4.69. The molecule has 118 valence electrons. The number of nitrogens with one attached hydrogen (secondary N) is 1. The SMILES string of the molecule is CC(C)C(CNC1CC(C)(C)Oc2ccccc21)C(C)C. The molecular formula is C19H31NO. The van der Waals surface area contributed by atoms with Gasteiger partial charge in [-0.15, -0.1) is 0 Å². The quantitative estimate of drug-likeness (QED) is 0.840.